The summed E-state index contributed by atoms with van der Waals surface area (Å²) in [6, 6.07) is 4.85. The van der Waals surface area contributed by atoms with Crippen LogP contribution in [0.5, 0.6) is 0 Å². The standard InChI is InChI=1S/C15H22N4S/c1-10(2)18-4-6-19(7-5-18)14-9-13-15(8-12(14)16)20-11(3)17-13/h8-10H,4-7,16H2,1-3H3. The molecule has 1 saturated heterocycles. The number of hydrogen-bond acceptors (Lipinski definition) is 5. The zero-order valence-electron chi connectivity index (χ0n) is 12.4. The van der Waals surface area contributed by atoms with Gasteiger partial charge in [0.25, 0.3) is 0 Å². The Morgan fingerprint density at radius 3 is 2.55 bits per heavy atom. The highest BCUT2D eigenvalue weighted by Crippen LogP contribution is 2.32. The summed E-state index contributed by atoms with van der Waals surface area (Å²) >= 11 is 1.71. The van der Waals surface area contributed by atoms with E-state index in [-0.39, 0.29) is 0 Å². The number of rotatable bonds is 2. The van der Waals surface area contributed by atoms with Crippen LogP contribution in [0.2, 0.25) is 0 Å². The van der Waals surface area contributed by atoms with Gasteiger partial charge < -0.3 is 10.6 Å². The molecular weight excluding hydrogens is 268 g/mol. The monoisotopic (exact) mass is 290 g/mol. The lowest BCUT2D eigenvalue weighted by atomic mass is 10.2. The molecule has 2 N–H and O–H groups in total. The summed E-state index contributed by atoms with van der Waals surface area (Å²) in [5.41, 5.74) is 9.34. The fourth-order valence-corrected chi connectivity index (χ4v) is 3.70. The lowest BCUT2D eigenvalue weighted by Crippen LogP contribution is -2.49. The number of fused-ring (bicyclic) bond motifs is 1. The third-order valence-corrected chi connectivity index (χ3v) is 4.96. The Morgan fingerprint density at radius 2 is 1.90 bits per heavy atom. The maximum absolute atomic E-state index is 6.24. The minimum absolute atomic E-state index is 0.623. The third kappa shape index (κ3) is 2.47. The second kappa shape index (κ2) is 5.22. The van der Waals surface area contributed by atoms with Gasteiger partial charge in [-0.1, -0.05) is 0 Å². The van der Waals surface area contributed by atoms with Crippen molar-refractivity contribution in [2.75, 3.05) is 36.8 Å². The number of aryl methyl sites for hydroxylation is 1. The highest BCUT2D eigenvalue weighted by Gasteiger charge is 2.21. The number of anilines is 2. The van der Waals surface area contributed by atoms with Crippen molar-refractivity contribution in [1.82, 2.24) is 9.88 Å². The van der Waals surface area contributed by atoms with Crippen molar-refractivity contribution in [3.05, 3.63) is 17.1 Å². The molecule has 0 amide bonds. The number of benzene rings is 1. The Hall–Kier alpha value is -1.33. The topological polar surface area (TPSA) is 45.4 Å². The van der Waals surface area contributed by atoms with Gasteiger partial charge in [-0.25, -0.2) is 4.98 Å². The summed E-state index contributed by atoms with van der Waals surface area (Å²) in [6.07, 6.45) is 0. The molecule has 2 heterocycles. The van der Waals surface area contributed by atoms with E-state index in [9.17, 15) is 0 Å². The number of hydrogen-bond donors (Lipinski definition) is 1. The van der Waals surface area contributed by atoms with Crippen LogP contribution in [0.1, 0.15) is 18.9 Å². The zero-order chi connectivity index (χ0) is 14.3. The van der Waals surface area contributed by atoms with Gasteiger partial charge >= 0.3 is 0 Å². The summed E-state index contributed by atoms with van der Waals surface area (Å²) in [5.74, 6) is 0. The Balaban J connectivity index is 1.85. The number of piperazine rings is 1. The first kappa shape index (κ1) is 13.6. The number of nitrogen functional groups attached to an aromatic ring is 1. The van der Waals surface area contributed by atoms with Crippen molar-refractivity contribution in [3.8, 4) is 0 Å². The van der Waals surface area contributed by atoms with Crippen LogP contribution in [0.4, 0.5) is 11.4 Å². The number of aromatic nitrogens is 1. The van der Waals surface area contributed by atoms with Crippen molar-refractivity contribution in [2.45, 2.75) is 26.8 Å². The Morgan fingerprint density at radius 1 is 1.20 bits per heavy atom. The number of thiazole rings is 1. The molecule has 0 spiro atoms. The molecule has 0 bridgehead atoms. The van der Waals surface area contributed by atoms with Gasteiger partial charge in [-0.15, -0.1) is 11.3 Å². The molecule has 20 heavy (non-hydrogen) atoms. The van der Waals surface area contributed by atoms with Crippen LogP contribution in [0.3, 0.4) is 0 Å². The maximum Gasteiger partial charge on any atom is 0.0907 e. The first-order valence-electron chi connectivity index (χ1n) is 7.20. The van der Waals surface area contributed by atoms with Crippen LogP contribution >= 0.6 is 11.3 Å². The van der Waals surface area contributed by atoms with E-state index >= 15 is 0 Å². The minimum Gasteiger partial charge on any atom is -0.397 e. The largest absolute Gasteiger partial charge is 0.397 e. The average molecular weight is 290 g/mol. The highest BCUT2D eigenvalue weighted by molar-refractivity contribution is 7.18. The smallest absolute Gasteiger partial charge is 0.0907 e. The van der Waals surface area contributed by atoms with Crippen LogP contribution < -0.4 is 10.6 Å². The van der Waals surface area contributed by atoms with Crippen LogP contribution in [-0.2, 0) is 0 Å². The highest BCUT2D eigenvalue weighted by atomic mass is 32.1. The predicted octanol–water partition coefficient (Wildman–Crippen LogP) is 2.72. The van der Waals surface area contributed by atoms with Crippen molar-refractivity contribution < 1.29 is 0 Å². The molecule has 108 valence electrons. The third-order valence-electron chi connectivity index (χ3n) is 4.03. The normalized spacial score (nSPS) is 17.3. The van der Waals surface area contributed by atoms with Gasteiger partial charge in [0, 0.05) is 32.2 Å². The zero-order valence-corrected chi connectivity index (χ0v) is 13.2. The van der Waals surface area contributed by atoms with Crippen LogP contribution in [-0.4, -0.2) is 42.1 Å². The maximum atomic E-state index is 6.24. The molecule has 5 heteroatoms. The molecule has 2 aromatic rings. The lowest BCUT2D eigenvalue weighted by molar-refractivity contribution is 0.209. The van der Waals surface area contributed by atoms with E-state index < -0.39 is 0 Å². The molecule has 1 aliphatic heterocycles. The molecule has 0 saturated carbocycles. The molecule has 0 radical (unpaired) electrons. The molecule has 1 aliphatic rings. The summed E-state index contributed by atoms with van der Waals surface area (Å²) in [5, 5.41) is 1.10. The molecule has 3 rings (SSSR count). The van der Waals surface area contributed by atoms with Gasteiger partial charge in [0.05, 0.1) is 26.6 Å². The van der Waals surface area contributed by atoms with Gasteiger partial charge in [0.15, 0.2) is 0 Å². The van der Waals surface area contributed by atoms with Crippen LogP contribution in [0.25, 0.3) is 10.2 Å². The molecule has 1 fully saturated rings. The average Bonchev–Trinajstić information content (AvgIpc) is 2.77. The second-order valence-electron chi connectivity index (χ2n) is 5.73. The van der Waals surface area contributed by atoms with Gasteiger partial charge in [-0.3, -0.25) is 4.90 Å². The summed E-state index contributed by atoms with van der Waals surface area (Å²) < 4.78 is 1.18. The minimum atomic E-state index is 0.623. The Labute approximate surface area is 124 Å². The molecule has 0 aliphatic carbocycles. The van der Waals surface area contributed by atoms with Crippen molar-refractivity contribution in [1.29, 1.82) is 0 Å². The van der Waals surface area contributed by atoms with E-state index in [0.29, 0.717) is 6.04 Å². The fourth-order valence-electron chi connectivity index (χ4n) is 2.85. The van der Waals surface area contributed by atoms with E-state index in [0.717, 1.165) is 48.1 Å². The Kier molecular flexibility index (Phi) is 3.56. The molecule has 4 nitrogen and oxygen atoms in total. The SMILES string of the molecule is Cc1nc2cc(N3CCN(C(C)C)CC3)c(N)cc2s1. The second-order valence-corrected chi connectivity index (χ2v) is 6.96. The molecule has 1 aromatic heterocycles. The van der Waals surface area contributed by atoms with Gasteiger partial charge in [0.1, 0.15) is 0 Å². The first-order chi connectivity index (χ1) is 9.54. The lowest BCUT2D eigenvalue weighted by Gasteiger charge is -2.38. The molecular formula is C15H22N4S. The van der Waals surface area contributed by atoms with E-state index in [2.05, 4.69) is 40.8 Å². The fraction of sp³-hybridized carbons (Fsp3) is 0.533. The van der Waals surface area contributed by atoms with Gasteiger partial charge in [0.2, 0.25) is 0 Å². The molecule has 0 unspecified atom stereocenters. The van der Waals surface area contributed by atoms with E-state index in [4.69, 9.17) is 5.73 Å². The first-order valence-corrected chi connectivity index (χ1v) is 8.02. The van der Waals surface area contributed by atoms with Gasteiger partial charge in [-0.2, -0.15) is 0 Å². The van der Waals surface area contributed by atoms with Crippen molar-refractivity contribution in [3.63, 3.8) is 0 Å². The summed E-state index contributed by atoms with van der Waals surface area (Å²) in [6.45, 7) is 10.8. The predicted molar refractivity (Wildman–Crippen MR) is 87.7 cm³/mol. The van der Waals surface area contributed by atoms with E-state index in [1.54, 1.807) is 11.3 Å². The molecule has 1 aromatic carbocycles. The van der Waals surface area contributed by atoms with Gasteiger partial charge in [-0.05, 0) is 32.9 Å². The van der Waals surface area contributed by atoms with Crippen molar-refractivity contribution in [2.24, 2.45) is 0 Å². The quantitative estimate of drug-likeness (QED) is 0.864. The van der Waals surface area contributed by atoms with E-state index in [1.807, 2.05) is 6.92 Å². The Bertz CT molecular complexity index is 612. The van der Waals surface area contributed by atoms with Crippen molar-refractivity contribution >= 4 is 32.9 Å². The van der Waals surface area contributed by atoms with Crippen LogP contribution in [0, 0.1) is 6.92 Å². The van der Waals surface area contributed by atoms with Crippen LogP contribution in [0.15, 0.2) is 12.1 Å². The number of nitrogens with two attached hydrogens (primary N) is 1. The summed E-state index contributed by atoms with van der Waals surface area (Å²) in [7, 11) is 0. The van der Waals surface area contributed by atoms with E-state index in [1.165, 1.54) is 4.70 Å². The number of nitrogens with zero attached hydrogens (tertiary/aromatic N) is 3. The summed E-state index contributed by atoms with van der Waals surface area (Å²) in [4.78, 5) is 9.48. The molecule has 0 atom stereocenters.